The molecule has 2 aliphatic heterocycles. The summed E-state index contributed by atoms with van der Waals surface area (Å²) >= 11 is 3.48. The highest BCUT2D eigenvalue weighted by Crippen LogP contribution is 2.42. The van der Waals surface area contributed by atoms with Gasteiger partial charge in [0, 0.05) is 30.3 Å². The summed E-state index contributed by atoms with van der Waals surface area (Å²) in [4.78, 5) is 34.7. The molecule has 1 aromatic carbocycles. The van der Waals surface area contributed by atoms with Gasteiger partial charge in [-0.05, 0) is 89.4 Å². The highest BCUT2D eigenvalue weighted by molar-refractivity contribution is 9.10. The summed E-state index contributed by atoms with van der Waals surface area (Å²) in [6, 6.07) is 13.7. The van der Waals surface area contributed by atoms with Crippen molar-refractivity contribution in [3.05, 3.63) is 64.4 Å². The molecule has 0 aliphatic carbocycles. The first-order valence-electron chi connectivity index (χ1n) is 12.8. The summed E-state index contributed by atoms with van der Waals surface area (Å²) in [6.07, 6.45) is 4.75. The number of carbonyl (C=O) groups is 2. The molecule has 1 spiro atoms. The number of carbonyl (C=O) groups excluding carboxylic acids is 2. The van der Waals surface area contributed by atoms with E-state index in [9.17, 15) is 9.59 Å². The topological polar surface area (TPSA) is 74.8 Å². The van der Waals surface area contributed by atoms with Crippen LogP contribution >= 0.6 is 15.9 Å². The van der Waals surface area contributed by atoms with Gasteiger partial charge in [-0.3, -0.25) is 9.78 Å². The zero-order chi connectivity index (χ0) is 25.8. The van der Waals surface area contributed by atoms with Crippen molar-refractivity contribution in [2.75, 3.05) is 26.2 Å². The number of alkyl carbamates (subject to hydrolysis) is 1. The van der Waals surface area contributed by atoms with Gasteiger partial charge in [0.15, 0.2) is 0 Å². The van der Waals surface area contributed by atoms with Crippen LogP contribution in [-0.2, 0) is 16.1 Å². The minimum atomic E-state index is -0.557. The number of aromatic nitrogens is 1. The molecule has 0 saturated carbocycles. The van der Waals surface area contributed by atoms with E-state index in [-0.39, 0.29) is 11.5 Å². The molecule has 8 heteroatoms. The second kappa shape index (κ2) is 11.3. The Labute approximate surface area is 222 Å². The lowest BCUT2D eigenvalue weighted by atomic mass is 9.77. The van der Waals surface area contributed by atoms with E-state index in [1.165, 1.54) is 5.56 Å². The van der Waals surface area contributed by atoms with Crippen molar-refractivity contribution in [3.63, 3.8) is 0 Å². The van der Waals surface area contributed by atoms with Crippen LogP contribution in [0.5, 0.6) is 0 Å². The summed E-state index contributed by atoms with van der Waals surface area (Å²) in [5.41, 5.74) is 1.21. The summed E-state index contributed by atoms with van der Waals surface area (Å²) in [5.74, 6) is 0.308. The van der Waals surface area contributed by atoms with Crippen LogP contribution in [0.25, 0.3) is 0 Å². The van der Waals surface area contributed by atoms with Gasteiger partial charge in [-0.1, -0.05) is 34.1 Å². The number of rotatable bonds is 7. The smallest absolute Gasteiger partial charge is 0.408 e. The van der Waals surface area contributed by atoms with Gasteiger partial charge in [0.25, 0.3) is 0 Å². The Kier molecular flexibility index (Phi) is 8.35. The van der Waals surface area contributed by atoms with Crippen molar-refractivity contribution < 1.29 is 14.3 Å². The third kappa shape index (κ3) is 6.85. The standard InChI is InChI=1S/C28H37BrN4O3/c1-27(2,3)36-26(35)31-24(23-6-4-5-15-30-23)11-16-32-17-12-28(13-18-32)14-19-33(25(28)34)20-21-7-9-22(29)10-8-21/h4-10,15,24H,11-14,16-20H2,1-3H3,(H,31,35). The van der Waals surface area contributed by atoms with Crippen LogP contribution in [0.3, 0.4) is 0 Å². The fourth-order valence-corrected chi connectivity index (χ4v) is 5.42. The molecule has 1 unspecified atom stereocenters. The highest BCUT2D eigenvalue weighted by Gasteiger charge is 2.47. The predicted octanol–water partition coefficient (Wildman–Crippen LogP) is 5.31. The molecule has 2 aromatic rings. The number of nitrogens with one attached hydrogen (secondary N) is 1. The fourth-order valence-electron chi connectivity index (χ4n) is 5.16. The maximum Gasteiger partial charge on any atom is 0.408 e. The highest BCUT2D eigenvalue weighted by atomic mass is 79.9. The molecule has 194 valence electrons. The van der Waals surface area contributed by atoms with Crippen molar-refractivity contribution >= 4 is 27.9 Å². The quantitative estimate of drug-likeness (QED) is 0.499. The van der Waals surface area contributed by atoms with Crippen LogP contribution < -0.4 is 5.32 Å². The average molecular weight is 558 g/mol. The monoisotopic (exact) mass is 556 g/mol. The van der Waals surface area contributed by atoms with Crippen LogP contribution in [0.4, 0.5) is 4.79 Å². The number of likely N-dealkylation sites (tertiary alicyclic amines) is 2. The molecule has 2 aliphatic rings. The number of ether oxygens (including phenoxy) is 1. The molecule has 2 saturated heterocycles. The van der Waals surface area contributed by atoms with Crippen molar-refractivity contribution in [2.45, 2.75) is 64.6 Å². The van der Waals surface area contributed by atoms with Gasteiger partial charge in [0.05, 0.1) is 17.2 Å². The number of piperidine rings is 1. The third-order valence-corrected chi connectivity index (χ3v) is 7.70. The number of hydrogen-bond acceptors (Lipinski definition) is 5. The lowest BCUT2D eigenvalue weighted by Crippen LogP contribution is -2.45. The Morgan fingerprint density at radius 2 is 1.81 bits per heavy atom. The molecule has 1 atom stereocenters. The molecule has 0 bridgehead atoms. The molecule has 3 heterocycles. The Hall–Kier alpha value is -2.45. The van der Waals surface area contributed by atoms with Gasteiger partial charge in [0.1, 0.15) is 5.60 Å². The predicted molar refractivity (Wildman–Crippen MR) is 143 cm³/mol. The van der Waals surface area contributed by atoms with Crippen molar-refractivity contribution in [2.24, 2.45) is 5.41 Å². The van der Waals surface area contributed by atoms with Gasteiger partial charge in [-0.15, -0.1) is 0 Å². The number of hydrogen-bond donors (Lipinski definition) is 1. The molecule has 0 radical (unpaired) electrons. The molecular formula is C28H37BrN4O3. The first-order valence-corrected chi connectivity index (χ1v) is 13.6. The number of benzene rings is 1. The molecule has 1 N–H and O–H groups in total. The van der Waals surface area contributed by atoms with Gasteiger partial charge in [-0.2, -0.15) is 0 Å². The Morgan fingerprint density at radius 3 is 2.44 bits per heavy atom. The molecule has 2 fully saturated rings. The second-order valence-corrected chi connectivity index (χ2v) is 11.9. The SMILES string of the molecule is CC(C)(C)OC(=O)NC(CCN1CCC2(CC1)CCN(Cc1ccc(Br)cc1)C2=O)c1ccccn1. The van der Waals surface area contributed by atoms with Gasteiger partial charge in [-0.25, -0.2) is 4.79 Å². The van der Waals surface area contributed by atoms with E-state index >= 15 is 0 Å². The van der Waals surface area contributed by atoms with E-state index in [2.05, 4.69) is 43.3 Å². The third-order valence-electron chi connectivity index (χ3n) is 7.17. The Bertz CT molecular complexity index is 1030. The van der Waals surface area contributed by atoms with E-state index in [1.54, 1.807) is 6.20 Å². The average Bonchev–Trinajstić information content (AvgIpc) is 3.13. The van der Waals surface area contributed by atoms with Crippen molar-refractivity contribution in [3.8, 4) is 0 Å². The molecule has 7 nitrogen and oxygen atoms in total. The number of amides is 2. The molecule has 1 aromatic heterocycles. The number of pyridine rings is 1. The minimum absolute atomic E-state index is 0.221. The lowest BCUT2D eigenvalue weighted by Gasteiger charge is -2.38. The summed E-state index contributed by atoms with van der Waals surface area (Å²) in [5, 5.41) is 3.00. The molecular weight excluding hydrogens is 520 g/mol. The molecule has 4 rings (SSSR count). The summed E-state index contributed by atoms with van der Waals surface area (Å²) in [6.45, 7) is 9.68. The summed E-state index contributed by atoms with van der Waals surface area (Å²) < 4.78 is 6.53. The molecule has 2 amide bonds. The Balaban J connectivity index is 1.30. The maximum absolute atomic E-state index is 13.4. The zero-order valence-electron chi connectivity index (χ0n) is 21.5. The number of halogens is 1. The van der Waals surface area contributed by atoms with E-state index in [4.69, 9.17) is 4.74 Å². The Morgan fingerprint density at radius 1 is 1.11 bits per heavy atom. The van der Waals surface area contributed by atoms with E-state index < -0.39 is 11.7 Å². The first kappa shape index (κ1) is 26.6. The van der Waals surface area contributed by atoms with Crippen molar-refractivity contribution in [1.82, 2.24) is 20.1 Å². The van der Waals surface area contributed by atoms with Crippen LogP contribution in [0.15, 0.2) is 53.1 Å². The van der Waals surface area contributed by atoms with Gasteiger partial charge < -0.3 is 19.9 Å². The van der Waals surface area contributed by atoms with E-state index in [0.29, 0.717) is 12.5 Å². The normalized spacial score (nSPS) is 18.9. The fraction of sp³-hybridized carbons (Fsp3) is 0.536. The number of nitrogens with zero attached hydrogens (tertiary/aromatic N) is 3. The second-order valence-electron chi connectivity index (χ2n) is 11.0. The van der Waals surface area contributed by atoms with Gasteiger partial charge >= 0.3 is 6.09 Å². The first-order chi connectivity index (χ1) is 17.1. The van der Waals surface area contributed by atoms with Crippen LogP contribution in [0, 0.1) is 5.41 Å². The van der Waals surface area contributed by atoms with Crippen molar-refractivity contribution in [1.29, 1.82) is 0 Å². The zero-order valence-corrected chi connectivity index (χ0v) is 23.1. The minimum Gasteiger partial charge on any atom is -0.444 e. The van der Waals surface area contributed by atoms with E-state index in [1.807, 2.05) is 56.0 Å². The van der Waals surface area contributed by atoms with Gasteiger partial charge in [0.2, 0.25) is 5.91 Å². The van der Waals surface area contributed by atoms with Crippen LogP contribution in [0.2, 0.25) is 0 Å². The largest absolute Gasteiger partial charge is 0.444 e. The van der Waals surface area contributed by atoms with Crippen LogP contribution in [0.1, 0.15) is 63.8 Å². The van der Waals surface area contributed by atoms with E-state index in [0.717, 1.165) is 62.0 Å². The lowest BCUT2D eigenvalue weighted by molar-refractivity contribution is -0.138. The van der Waals surface area contributed by atoms with Crippen LogP contribution in [-0.4, -0.2) is 58.6 Å². The summed E-state index contributed by atoms with van der Waals surface area (Å²) in [7, 11) is 0. The maximum atomic E-state index is 13.4. The molecule has 36 heavy (non-hydrogen) atoms.